The second-order valence-electron chi connectivity index (χ2n) is 3.61. The molecule has 0 aliphatic heterocycles. The van der Waals surface area contributed by atoms with Gasteiger partial charge in [-0.25, -0.2) is 0 Å². The molecule has 0 saturated carbocycles. The maximum Gasteiger partial charge on any atom is 0.251 e. The van der Waals surface area contributed by atoms with E-state index in [4.69, 9.17) is 10.5 Å². The Labute approximate surface area is 114 Å². The summed E-state index contributed by atoms with van der Waals surface area (Å²) < 4.78 is 4.92. The third-order valence-corrected chi connectivity index (χ3v) is 2.79. The fraction of sp³-hybridized carbons (Fsp3) is 0.333. The highest BCUT2D eigenvalue weighted by Crippen LogP contribution is 2.07. The molecule has 0 radical (unpaired) electrons. The van der Waals surface area contributed by atoms with Crippen LogP contribution in [0.1, 0.15) is 15.9 Å². The Morgan fingerprint density at radius 1 is 1.28 bits per heavy atom. The highest BCUT2D eigenvalue weighted by molar-refractivity contribution is 9.08. The van der Waals surface area contributed by atoms with Crippen LogP contribution >= 0.6 is 15.9 Å². The molecule has 1 rings (SSSR count). The maximum absolute atomic E-state index is 11.7. The Kier molecular flexibility index (Phi) is 6.38. The van der Waals surface area contributed by atoms with Crippen LogP contribution in [0, 0.1) is 0 Å². The lowest BCUT2D eigenvalue weighted by atomic mass is 10.1. The van der Waals surface area contributed by atoms with Gasteiger partial charge in [0, 0.05) is 17.4 Å². The normalized spacial score (nSPS) is 10.1. The van der Waals surface area contributed by atoms with E-state index in [-0.39, 0.29) is 19.1 Å². The van der Waals surface area contributed by atoms with Crippen LogP contribution in [0.15, 0.2) is 24.3 Å². The van der Waals surface area contributed by atoms with E-state index in [0.717, 1.165) is 10.9 Å². The molecular formula is C12H15BrN2O3. The number of benzene rings is 1. The smallest absolute Gasteiger partial charge is 0.251 e. The number of hydrogen-bond acceptors (Lipinski definition) is 3. The molecule has 0 fully saturated rings. The fourth-order valence-corrected chi connectivity index (χ4v) is 1.63. The van der Waals surface area contributed by atoms with Crippen molar-refractivity contribution in [3.63, 3.8) is 0 Å². The largest absolute Gasteiger partial charge is 0.370 e. The number of amides is 2. The highest BCUT2D eigenvalue weighted by Gasteiger charge is 2.04. The molecule has 0 heterocycles. The van der Waals surface area contributed by atoms with Gasteiger partial charge in [-0.3, -0.25) is 9.59 Å². The summed E-state index contributed by atoms with van der Waals surface area (Å²) >= 11 is 3.34. The number of rotatable bonds is 7. The van der Waals surface area contributed by atoms with Crippen LogP contribution in [0.2, 0.25) is 0 Å². The Bertz CT molecular complexity index is 406. The van der Waals surface area contributed by atoms with E-state index in [9.17, 15) is 9.59 Å². The van der Waals surface area contributed by atoms with Crippen LogP contribution in [0.5, 0.6) is 0 Å². The lowest BCUT2D eigenvalue weighted by Gasteiger charge is -2.06. The summed E-state index contributed by atoms with van der Waals surface area (Å²) in [6.45, 7) is 0.469. The first-order valence-electron chi connectivity index (χ1n) is 5.42. The number of halogens is 1. The number of alkyl halides is 1. The van der Waals surface area contributed by atoms with Crippen LogP contribution in [-0.2, 0) is 14.9 Å². The third-order valence-electron chi connectivity index (χ3n) is 2.15. The molecule has 6 heteroatoms. The second kappa shape index (κ2) is 7.84. The zero-order valence-corrected chi connectivity index (χ0v) is 11.4. The first-order valence-corrected chi connectivity index (χ1v) is 6.55. The number of primary amides is 1. The quantitative estimate of drug-likeness (QED) is 0.577. The van der Waals surface area contributed by atoms with Gasteiger partial charge >= 0.3 is 0 Å². The molecule has 3 N–H and O–H groups in total. The fourth-order valence-electron chi connectivity index (χ4n) is 1.26. The number of ether oxygens (including phenoxy) is 1. The molecule has 0 unspecified atom stereocenters. The van der Waals surface area contributed by atoms with Crippen LogP contribution in [-0.4, -0.2) is 31.6 Å². The second-order valence-corrected chi connectivity index (χ2v) is 4.17. The molecule has 0 spiro atoms. The first kappa shape index (κ1) is 14.7. The summed E-state index contributed by atoms with van der Waals surface area (Å²) in [4.78, 5) is 22.1. The van der Waals surface area contributed by atoms with E-state index in [0.29, 0.717) is 12.1 Å². The third kappa shape index (κ3) is 5.29. The topological polar surface area (TPSA) is 81.4 Å². The van der Waals surface area contributed by atoms with E-state index >= 15 is 0 Å². The molecular weight excluding hydrogens is 300 g/mol. The predicted octanol–water partition coefficient (Wildman–Crippen LogP) is 0.813. The minimum Gasteiger partial charge on any atom is -0.370 e. The lowest BCUT2D eigenvalue weighted by molar-refractivity contribution is -0.122. The zero-order chi connectivity index (χ0) is 13.4. The Hall–Kier alpha value is -1.40. The van der Waals surface area contributed by atoms with Crippen molar-refractivity contribution >= 4 is 27.7 Å². The van der Waals surface area contributed by atoms with Crippen molar-refractivity contribution in [1.29, 1.82) is 0 Å². The number of nitrogens with two attached hydrogens (primary N) is 1. The van der Waals surface area contributed by atoms with Crippen molar-refractivity contribution in [2.45, 2.75) is 5.33 Å². The summed E-state index contributed by atoms with van der Waals surface area (Å²) in [5.41, 5.74) is 6.60. The Balaban J connectivity index is 2.29. The van der Waals surface area contributed by atoms with Crippen molar-refractivity contribution in [3.8, 4) is 0 Å². The first-order chi connectivity index (χ1) is 8.63. The average molecular weight is 315 g/mol. The minimum atomic E-state index is -0.522. The van der Waals surface area contributed by atoms with Gasteiger partial charge in [-0.15, -0.1) is 0 Å². The predicted molar refractivity (Wildman–Crippen MR) is 71.4 cm³/mol. The van der Waals surface area contributed by atoms with Gasteiger partial charge in [-0.2, -0.15) is 0 Å². The molecule has 0 aromatic heterocycles. The molecule has 98 valence electrons. The molecule has 0 saturated heterocycles. The van der Waals surface area contributed by atoms with Gasteiger partial charge in [0.05, 0.1) is 6.61 Å². The van der Waals surface area contributed by atoms with Gasteiger partial charge in [0.15, 0.2) is 0 Å². The summed E-state index contributed by atoms with van der Waals surface area (Å²) in [6, 6.07) is 7.28. The molecule has 1 aromatic rings. The van der Waals surface area contributed by atoms with Gasteiger partial charge in [-0.05, 0) is 17.7 Å². The maximum atomic E-state index is 11.7. The zero-order valence-electron chi connectivity index (χ0n) is 9.82. The van der Waals surface area contributed by atoms with Crippen molar-refractivity contribution in [2.75, 3.05) is 19.8 Å². The number of carbonyl (C=O) groups excluding carboxylic acids is 2. The van der Waals surface area contributed by atoms with Crippen LogP contribution < -0.4 is 11.1 Å². The van der Waals surface area contributed by atoms with Crippen LogP contribution in [0.4, 0.5) is 0 Å². The van der Waals surface area contributed by atoms with E-state index in [2.05, 4.69) is 21.2 Å². The van der Waals surface area contributed by atoms with Crippen molar-refractivity contribution in [2.24, 2.45) is 5.73 Å². The standard InChI is InChI=1S/C12H15BrN2O3/c13-7-9-1-3-10(4-2-9)12(17)15-5-6-18-8-11(14)16/h1-4H,5-8H2,(H2,14,16)(H,15,17). The van der Waals surface area contributed by atoms with Crippen molar-refractivity contribution < 1.29 is 14.3 Å². The molecule has 0 bridgehead atoms. The molecule has 0 aliphatic rings. The Morgan fingerprint density at radius 2 is 1.94 bits per heavy atom. The highest BCUT2D eigenvalue weighted by atomic mass is 79.9. The summed E-state index contributed by atoms with van der Waals surface area (Å²) in [7, 11) is 0. The number of hydrogen-bond donors (Lipinski definition) is 2. The molecule has 2 amide bonds. The monoisotopic (exact) mass is 314 g/mol. The van der Waals surface area contributed by atoms with E-state index in [1.807, 2.05) is 12.1 Å². The van der Waals surface area contributed by atoms with E-state index in [1.165, 1.54) is 0 Å². The molecule has 18 heavy (non-hydrogen) atoms. The van der Waals surface area contributed by atoms with Gasteiger partial charge in [0.25, 0.3) is 5.91 Å². The lowest BCUT2D eigenvalue weighted by Crippen LogP contribution is -2.28. The van der Waals surface area contributed by atoms with E-state index < -0.39 is 5.91 Å². The summed E-state index contributed by atoms with van der Waals surface area (Å²) in [5.74, 6) is -0.689. The van der Waals surface area contributed by atoms with Gasteiger partial charge in [0.2, 0.25) is 5.91 Å². The molecule has 0 atom stereocenters. The molecule has 0 aliphatic carbocycles. The molecule has 5 nitrogen and oxygen atoms in total. The van der Waals surface area contributed by atoms with Crippen LogP contribution in [0.3, 0.4) is 0 Å². The van der Waals surface area contributed by atoms with Gasteiger partial charge in [0.1, 0.15) is 6.61 Å². The Morgan fingerprint density at radius 3 is 2.50 bits per heavy atom. The van der Waals surface area contributed by atoms with Gasteiger partial charge in [-0.1, -0.05) is 28.1 Å². The van der Waals surface area contributed by atoms with Crippen molar-refractivity contribution in [3.05, 3.63) is 35.4 Å². The minimum absolute atomic E-state index is 0.129. The molecule has 1 aromatic carbocycles. The van der Waals surface area contributed by atoms with Crippen molar-refractivity contribution in [1.82, 2.24) is 5.32 Å². The number of nitrogens with one attached hydrogen (secondary N) is 1. The summed E-state index contributed by atoms with van der Waals surface area (Å²) in [5, 5.41) is 3.44. The SMILES string of the molecule is NC(=O)COCCNC(=O)c1ccc(CBr)cc1. The number of carbonyl (C=O) groups is 2. The van der Waals surface area contributed by atoms with Gasteiger partial charge < -0.3 is 15.8 Å². The van der Waals surface area contributed by atoms with E-state index in [1.54, 1.807) is 12.1 Å². The summed E-state index contributed by atoms with van der Waals surface area (Å²) in [6.07, 6.45) is 0. The average Bonchev–Trinajstić information content (AvgIpc) is 2.38. The van der Waals surface area contributed by atoms with Crippen LogP contribution in [0.25, 0.3) is 0 Å².